The highest BCUT2D eigenvalue weighted by Crippen LogP contribution is 2.31. The lowest BCUT2D eigenvalue weighted by Gasteiger charge is -2.09. The first-order valence-corrected chi connectivity index (χ1v) is 7.26. The van der Waals surface area contributed by atoms with Crippen LogP contribution in [-0.2, 0) is 6.61 Å². The Kier molecular flexibility index (Phi) is 4.27. The van der Waals surface area contributed by atoms with Crippen molar-refractivity contribution < 1.29 is 9.66 Å². The summed E-state index contributed by atoms with van der Waals surface area (Å²) in [6.07, 6.45) is 1.34. The summed E-state index contributed by atoms with van der Waals surface area (Å²) in [6.45, 7) is 0.123. The molecule has 0 N–H and O–H groups in total. The van der Waals surface area contributed by atoms with Crippen molar-refractivity contribution in [1.29, 1.82) is 0 Å². The summed E-state index contributed by atoms with van der Waals surface area (Å²) in [5, 5.41) is 12.2. The predicted molar refractivity (Wildman–Crippen MR) is 87.0 cm³/mol. The minimum atomic E-state index is -0.455. The number of fused-ring (bicyclic) bond motifs is 1. The molecule has 6 nitrogen and oxygen atoms in total. The molecule has 0 aliphatic heterocycles. The van der Waals surface area contributed by atoms with Gasteiger partial charge in [-0.1, -0.05) is 35.3 Å². The fourth-order valence-corrected chi connectivity index (χ4v) is 2.64. The molecule has 0 saturated heterocycles. The maximum atomic E-state index is 10.8. The lowest BCUT2D eigenvalue weighted by Crippen LogP contribution is -2.00. The summed E-state index contributed by atoms with van der Waals surface area (Å²) < 4.78 is 5.66. The highest BCUT2D eigenvalue weighted by Gasteiger charge is 2.11. The molecule has 0 atom stereocenters. The number of ether oxygens (including phenoxy) is 1. The summed E-state index contributed by atoms with van der Waals surface area (Å²) in [7, 11) is 0. The average molecular weight is 350 g/mol. The minimum absolute atomic E-state index is 0.00438. The van der Waals surface area contributed by atoms with Crippen molar-refractivity contribution >= 4 is 39.8 Å². The number of halogens is 2. The first kappa shape index (κ1) is 15.5. The van der Waals surface area contributed by atoms with Crippen LogP contribution in [0.25, 0.3) is 10.9 Å². The number of aromatic nitrogens is 2. The van der Waals surface area contributed by atoms with Crippen molar-refractivity contribution in [3.63, 3.8) is 0 Å². The second-order valence-corrected chi connectivity index (χ2v) is 5.52. The summed E-state index contributed by atoms with van der Waals surface area (Å²) in [5.41, 5.74) is 1.18. The van der Waals surface area contributed by atoms with Gasteiger partial charge in [0.25, 0.3) is 5.69 Å². The molecule has 0 aliphatic rings. The molecule has 1 aromatic heterocycles. The van der Waals surface area contributed by atoms with Gasteiger partial charge in [0.15, 0.2) is 0 Å². The molecule has 0 spiro atoms. The Hall–Kier alpha value is -2.44. The van der Waals surface area contributed by atoms with Crippen LogP contribution in [-0.4, -0.2) is 14.9 Å². The van der Waals surface area contributed by atoms with Crippen molar-refractivity contribution in [3.8, 4) is 5.88 Å². The van der Waals surface area contributed by atoms with E-state index in [2.05, 4.69) is 9.97 Å². The van der Waals surface area contributed by atoms with Gasteiger partial charge < -0.3 is 4.74 Å². The van der Waals surface area contributed by atoms with Gasteiger partial charge in [-0.05, 0) is 17.7 Å². The van der Waals surface area contributed by atoms with Crippen LogP contribution in [0.4, 0.5) is 5.69 Å². The highest BCUT2D eigenvalue weighted by atomic mass is 35.5. The standard InChI is InChI=1S/C15H9Cl2N3O3/c16-10-5-12-14(13(17)6-10)18-8-19-15(12)23-7-9-2-1-3-11(4-9)20(21)22/h1-6,8H,7H2. The van der Waals surface area contributed by atoms with Crippen LogP contribution in [0, 0.1) is 10.1 Å². The van der Waals surface area contributed by atoms with Crippen molar-refractivity contribution in [1.82, 2.24) is 9.97 Å². The summed E-state index contributed by atoms with van der Waals surface area (Å²) >= 11 is 12.1. The normalized spacial score (nSPS) is 10.7. The van der Waals surface area contributed by atoms with Crippen LogP contribution in [0.3, 0.4) is 0 Å². The third kappa shape index (κ3) is 3.33. The number of nitro groups is 1. The molecule has 0 radical (unpaired) electrons. The van der Waals surface area contributed by atoms with Gasteiger partial charge in [-0.15, -0.1) is 0 Å². The molecule has 8 heteroatoms. The van der Waals surface area contributed by atoms with E-state index in [0.29, 0.717) is 32.4 Å². The Bertz CT molecular complexity index is 902. The van der Waals surface area contributed by atoms with E-state index in [1.54, 1.807) is 24.3 Å². The van der Waals surface area contributed by atoms with E-state index < -0.39 is 4.92 Å². The molecule has 0 amide bonds. The number of benzene rings is 2. The lowest BCUT2D eigenvalue weighted by atomic mass is 10.2. The van der Waals surface area contributed by atoms with E-state index in [1.165, 1.54) is 18.5 Å². The maximum Gasteiger partial charge on any atom is 0.269 e. The lowest BCUT2D eigenvalue weighted by molar-refractivity contribution is -0.384. The minimum Gasteiger partial charge on any atom is -0.472 e. The number of non-ortho nitro benzene ring substituents is 1. The molecule has 3 rings (SSSR count). The molecule has 0 aliphatic carbocycles. The molecule has 0 bridgehead atoms. The topological polar surface area (TPSA) is 78.2 Å². The summed E-state index contributed by atoms with van der Waals surface area (Å²) in [6, 6.07) is 9.44. The zero-order valence-electron chi connectivity index (χ0n) is 11.6. The molecule has 2 aromatic carbocycles. The van der Waals surface area contributed by atoms with Crippen LogP contribution in [0.2, 0.25) is 10.0 Å². The van der Waals surface area contributed by atoms with E-state index in [4.69, 9.17) is 27.9 Å². The van der Waals surface area contributed by atoms with Crippen LogP contribution in [0.5, 0.6) is 5.88 Å². The zero-order chi connectivity index (χ0) is 16.4. The molecule has 0 fully saturated rings. The van der Waals surface area contributed by atoms with Gasteiger partial charge in [0.1, 0.15) is 12.9 Å². The first-order valence-electron chi connectivity index (χ1n) is 6.50. The first-order chi connectivity index (χ1) is 11.0. The Morgan fingerprint density at radius 1 is 1.17 bits per heavy atom. The molecule has 116 valence electrons. The highest BCUT2D eigenvalue weighted by molar-refractivity contribution is 6.38. The Labute approximate surface area is 140 Å². The number of nitrogens with zero attached hydrogens (tertiary/aromatic N) is 3. The Morgan fingerprint density at radius 2 is 2.00 bits per heavy atom. The van der Waals surface area contributed by atoms with E-state index in [1.807, 2.05) is 0 Å². The van der Waals surface area contributed by atoms with Crippen LogP contribution >= 0.6 is 23.2 Å². The van der Waals surface area contributed by atoms with Gasteiger partial charge in [-0.25, -0.2) is 9.97 Å². The zero-order valence-corrected chi connectivity index (χ0v) is 13.1. The maximum absolute atomic E-state index is 10.8. The van der Waals surface area contributed by atoms with Gasteiger partial charge in [-0.2, -0.15) is 0 Å². The second-order valence-electron chi connectivity index (χ2n) is 4.68. The predicted octanol–water partition coefficient (Wildman–Crippen LogP) is 4.42. The number of hydrogen-bond acceptors (Lipinski definition) is 5. The average Bonchev–Trinajstić information content (AvgIpc) is 2.53. The van der Waals surface area contributed by atoms with Gasteiger partial charge in [0, 0.05) is 17.2 Å². The molecule has 23 heavy (non-hydrogen) atoms. The quantitative estimate of drug-likeness (QED) is 0.514. The van der Waals surface area contributed by atoms with Crippen LogP contribution in [0.15, 0.2) is 42.7 Å². The monoisotopic (exact) mass is 349 g/mol. The fraction of sp³-hybridized carbons (Fsp3) is 0.0667. The van der Waals surface area contributed by atoms with Crippen LogP contribution in [0.1, 0.15) is 5.56 Å². The van der Waals surface area contributed by atoms with Gasteiger partial charge >= 0.3 is 0 Å². The molecule has 0 saturated carbocycles. The largest absolute Gasteiger partial charge is 0.472 e. The Morgan fingerprint density at radius 3 is 2.78 bits per heavy atom. The molecule has 0 unspecified atom stereocenters. The van der Waals surface area contributed by atoms with Crippen molar-refractivity contribution in [2.75, 3.05) is 0 Å². The molecular weight excluding hydrogens is 341 g/mol. The summed E-state index contributed by atoms with van der Waals surface area (Å²) in [5.74, 6) is 0.311. The van der Waals surface area contributed by atoms with Crippen LogP contribution < -0.4 is 4.74 Å². The number of nitro benzene ring substituents is 1. The molecular formula is C15H9Cl2N3O3. The Balaban J connectivity index is 1.90. The molecule has 1 heterocycles. The van der Waals surface area contributed by atoms with Crippen molar-refractivity contribution in [2.24, 2.45) is 0 Å². The SMILES string of the molecule is O=[N+]([O-])c1cccc(COc2ncnc3c(Cl)cc(Cl)cc23)c1. The number of hydrogen-bond donors (Lipinski definition) is 0. The van der Waals surface area contributed by atoms with E-state index in [9.17, 15) is 10.1 Å². The summed E-state index contributed by atoms with van der Waals surface area (Å²) in [4.78, 5) is 18.5. The molecule has 3 aromatic rings. The third-order valence-corrected chi connectivity index (χ3v) is 3.62. The van der Waals surface area contributed by atoms with Gasteiger partial charge in [-0.3, -0.25) is 10.1 Å². The van der Waals surface area contributed by atoms with E-state index in [0.717, 1.165) is 0 Å². The second kappa shape index (κ2) is 6.36. The van der Waals surface area contributed by atoms with Gasteiger partial charge in [0.05, 0.1) is 20.8 Å². The fourth-order valence-electron chi connectivity index (χ4n) is 2.10. The third-order valence-electron chi connectivity index (χ3n) is 3.12. The van der Waals surface area contributed by atoms with E-state index in [-0.39, 0.29) is 12.3 Å². The number of rotatable bonds is 4. The van der Waals surface area contributed by atoms with Crippen molar-refractivity contribution in [2.45, 2.75) is 6.61 Å². The van der Waals surface area contributed by atoms with Crippen molar-refractivity contribution in [3.05, 3.63) is 68.4 Å². The van der Waals surface area contributed by atoms with Gasteiger partial charge in [0.2, 0.25) is 5.88 Å². The van der Waals surface area contributed by atoms with E-state index >= 15 is 0 Å². The smallest absolute Gasteiger partial charge is 0.269 e.